The second-order valence-electron chi connectivity index (χ2n) is 1.00. The fourth-order valence-corrected chi connectivity index (χ4v) is 0.291. The lowest BCUT2D eigenvalue weighted by Crippen LogP contribution is -1.86. The molecule has 0 aliphatic rings. The number of aromatic nitrogens is 3. The van der Waals surface area contributed by atoms with E-state index in [1.807, 2.05) is 0 Å². The van der Waals surface area contributed by atoms with E-state index in [0.29, 0.717) is 0 Å². The van der Waals surface area contributed by atoms with Gasteiger partial charge in [0.15, 0.2) is 0 Å². The molecule has 1 aromatic rings. The van der Waals surface area contributed by atoms with Crippen LogP contribution in [0.25, 0.3) is 0 Å². The van der Waals surface area contributed by atoms with E-state index in [0.717, 1.165) is 4.79 Å². The van der Waals surface area contributed by atoms with E-state index in [1.165, 1.54) is 12.4 Å². The number of rotatable bonds is 1. The Balaban J connectivity index is 2.77. The summed E-state index contributed by atoms with van der Waals surface area (Å²) in [6.07, 6.45) is 2.87. The Hall–Kier alpha value is -1.46. The Morgan fingerprint density at radius 2 is 2.50 bits per heavy atom. The van der Waals surface area contributed by atoms with Crippen LogP contribution in [0.1, 0.15) is 0 Å². The Labute approximate surface area is 44.4 Å². The zero-order valence-electron chi connectivity index (χ0n) is 3.84. The first-order valence-corrected chi connectivity index (χ1v) is 1.85. The molecule has 1 aromatic heterocycles. The molecule has 0 aliphatic heterocycles. The first-order chi connectivity index (χ1) is 3.93. The van der Waals surface area contributed by atoms with Gasteiger partial charge in [-0.05, 0) is 10.4 Å². The van der Waals surface area contributed by atoms with E-state index >= 15 is 0 Å². The monoisotopic (exact) mass is 113 g/mol. The topological polar surface area (TPSA) is 75.7 Å². The first kappa shape index (κ1) is 4.69. The summed E-state index contributed by atoms with van der Waals surface area (Å²) in [6.45, 7) is 0. The minimum atomic E-state index is 1.03. The second kappa shape index (κ2) is 2.01. The van der Waals surface area contributed by atoms with Crippen molar-refractivity contribution in [2.45, 2.75) is 0 Å². The van der Waals surface area contributed by atoms with Crippen LogP contribution in [0.2, 0.25) is 0 Å². The van der Waals surface area contributed by atoms with Crippen LogP contribution < -0.4 is 0 Å². The van der Waals surface area contributed by atoms with Crippen LogP contribution >= 0.6 is 0 Å². The van der Waals surface area contributed by atoms with Crippen LogP contribution in [-0.4, -0.2) is 20.3 Å². The summed E-state index contributed by atoms with van der Waals surface area (Å²) in [4.78, 5) is 1.03. The molecule has 0 amide bonds. The molecule has 1 heterocycles. The highest BCUT2D eigenvalue weighted by Gasteiger charge is 1.80. The average molecular weight is 113 g/mol. The third-order valence-electron chi connectivity index (χ3n) is 0.542. The molecule has 0 radical (unpaired) electrons. The van der Waals surface area contributed by atoms with Gasteiger partial charge in [-0.25, -0.2) is 0 Å². The van der Waals surface area contributed by atoms with Crippen LogP contribution in [0.5, 0.6) is 0 Å². The highest BCUT2D eigenvalue weighted by molar-refractivity contribution is 4.60. The number of nitrogens with zero attached hydrogens (tertiary/aromatic N) is 5. The molecule has 1 N–H and O–H groups in total. The maximum absolute atomic E-state index is 7.81. The maximum Gasteiger partial charge on any atom is 0.0734 e. The van der Waals surface area contributed by atoms with Gasteiger partial charge in [0, 0.05) is 5.28 Å². The van der Waals surface area contributed by atoms with Crippen LogP contribution in [0, 0.1) is 0 Å². The largest absolute Gasteiger partial charge is 0.393 e. The molecule has 0 aromatic carbocycles. The quantitative estimate of drug-likeness (QED) is 0.407. The van der Waals surface area contributed by atoms with E-state index in [-0.39, 0.29) is 0 Å². The molecule has 1 rings (SSSR count). The molecule has 6 nitrogen and oxygen atoms in total. The summed E-state index contributed by atoms with van der Waals surface area (Å²) in [7, 11) is 0. The second-order valence-corrected chi connectivity index (χ2v) is 1.00. The molecule has 0 aliphatic carbocycles. The summed E-state index contributed by atoms with van der Waals surface area (Å²) < 4.78 is 0. The molecule has 0 bridgehead atoms. The van der Waals surface area contributed by atoms with Gasteiger partial charge in [0.2, 0.25) is 0 Å². The van der Waals surface area contributed by atoms with Gasteiger partial charge in [0.05, 0.1) is 12.4 Å². The smallest absolute Gasteiger partial charge is 0.0734 e. The molecular formula is C2H3N5O. The number of hydrogen-bond donors (Lipinski definition) is 1. The SMILES string of the molecule is ON=Nn1ccnn1. The molecule has 42 valence electrons. The van der Waals surface area contributed by atoms with Gasteiger partial charge >= 0.3 is 0 Å². The van der Waals surface area contributed by atoms with Crippen molar-refractivity contribution < 1.29 is 5.21 Å². The summed E-state index contributed by atoms with van der Waals surface area (Å²) in [5.74, 6) is 0. The zero-order chi connectivity index (χ0) is 5.82. The summed E-state index contributed by atoms with van der Waals surface area (Å²) in [5.41, 5.74) is 0. The van der Waals surface area contributed by atoms with Crippen molar-refractivity contribution in [2.75, 3.05) is 0 Å². The van der Waals surface area contributed by atoms with Crippen molar-refractivity contribution in [1.29, 1.82) is 0 Å². The van der Waals surface area contributed by atoms with Gasteiger partial charge in [0.1, 0.15) is 0 Å². The van der Waals surface area contributed by atoms with Gasteiger partial charge in [-0.3, -0.25) is 0 Å². The standard InChI is InChI=1S/C2H3N5O/c8-6-5-7-2-1-3-4-7/h1-2H,(H,5,8). The van der Waals surface area contributed by atoms with E-state index in [2.05, 4.69) is 20.8 Å². The van der Waals surface area contributed by atoms with Crippen molar-refractivity contribution in [3.63, 3.8) is 0 Å². The van der Waals surface area contributed by atoms with Crippen LogP contribution in [0.15, 0.2) is 22.9 Å². The predicted octanol–water partition coefficient (Wildman–Crippen LogP) is -0.117. The van der Waals surface area contributed by atoms with Gasteiger partial charge in [0.25, 0.3) is 0 Å². The maximum atomic E-state index is 7.81. The number of hydrogen-bond acceptors (Lipinski definition) is 4. The normalized spacial score (nSPS) is 10.5. The molecule has 0 unspecified atom stereocenters. The van der Waals surface area contributed by atoms with Gasteiger partial charge in [-0.1, -0.05) is 0 Å². The zero-order valence-corrected chi connectivity index (χ0v) is 3.84. The van der Waals surface area contributed by atoms with E-state index < -0.39 is 0 Å². The molecule has 0 spiro atoms. The van der Waals surface area contributed by atoms with Gasteiger partial charge in [-0.15, -0.1) is 9.89 Å². The molecule has 0 fully saturated rings. The Morgan fingerprint density at radius 3 is 3.00 bits per heavy atom. The molecule has 0 saturated carbocycles. The lowest BCUT2D eigenvalue weighted by atomic mass is 11.0. The lowest BCUT2D eigenvalue weighted by Gasteiger charge is -1.77. The molecular weight excluding hydrogens is 110 g/mol. The minimum absolute atomic E-state index is 1.03. The van der Waals surface area contributed by atoms with Gasteiger partial charge in [-0.2, -0.15) is 0 Å². The summed E-state index contributed by atoms with van der Waals surface area (Å²) in [5, 5.41) is 20.1. The van der Waals surface area contributed by atoms with Crippen LogP contribution in [-0.2, 0) is 0 Å². The van der Waals surface area contributed by atoms with Crippen molar-refractivity contribution in [3.8, 4) is 0 Å². The molecule has 8 heavy (non-hydrogen) atoms. The van der Waals surface area contributed by atoms with E-state index in [1.54, 1.807) is 0 Å². The first-order valence-electron chi connectivity index (χ1n) is 1.85. The van der Waals surface area contributed by atoms with Gasteiger partial charge < -0.3 is 5.21 Å². The minimum Gasteiger partial charge on any atom is -0.393 e. The van der Waals surface area contributed by atoms with Crippen LogP contribution in [0.4, 0.5) is 0 Å². The third kappa shape index (κ3) is 0.780. The van der Waals surface area contributed by atoms with Crippen LogP contribution in [0.3, 0.4) is 0 Å². The lowest BCUT2D eigenvalue weighted by molar-refractivity contribution is 0.269. The van der Waals surface area contributed by atoms with Crippen molar-refractivity contribution >= 4 is 0 Å². The fraction of sp³-hybridized carbons (Fsp3) is 0. The Kier molecular flexibility index (Phi) is 1.18. The van der Waals surface area contributed by atoms with Crippen molar-refractivity contribution in [3.05, 3.63) is 12.4 Å². The average Bonchev–Trinajstić information content (AvgIpc) is 2.19. The van der Waals surface area contributed by atoms with E-state index in [4.69, 9.17) is 5.21 Å². The fourth-order valence-electron chi connectivity index (χ4n) is 0.291. The highest BCUT2D eigenvalue weighted by atomic mass is 16.5. The molecule has 0 saturated heterocycles. The summed E-state index contributed by atoms with van der Waals surface area (Å²) >= 11 is 0. The molecule has 0 atom stereocenters. The van der Waals surface area contributed by atoms with E-state index in [9.17, 15) is 0 Å². The predicted molar refractivity (Wildman–Crippen MR) is 22.1 cm³/mol. The summed E-state index contributed by atoms with van der Waals surface area (Å²) in [6, 6.07) is 0. The van der Waals surface area contributed by atoms with Crippen molar-refractivity contribution in [1.82, 2.24) is 15.1 Å². The third-order valence-corrected chi connectivity index (χ3v) is 0.542. The van der Waals surface area contributed by atoms with Crippen molar-refractivity contribution in [2.24, 2.45) is 10.5 Å². The Morgan fingerprint density at radius 1 is 1.62 bits per heavy atom. The Bertz CT molecular complexity index is 167. The highest BCUT2D eigenvalue weighted by Crippen LogP contribution is 1.76. The molecule has 6 heteroatoms.